The van der Waals surface area contributed by atoms with E-state index in [4.69, 9.17) is 4.74 Å². The molecule has 0 aromatic heterocycles. The quantitative estimate of drug-likeness (QED) is 0.871. The van der Waals surface area contributed by atoms with Crippen molar-refractivity contribution in [2.45, 2.75) is 12.0 Å². The van der Waals surface area contributed by atoms with Crippen LogP contribution in [0.1, 0.15) is 23.1 Å². The van der Waals surface area contributed by atoms with Gasteiger partial charge in [0.25, 0.3) is 0 Å². The lowest BCUT2D eigenvalue weighted by Crippen LogP contribution is -2.21. The molecule has 2 rings (SSSR count). The predicted octanol–water partition coefficient (Wildman–Crippen LogP) is 3.44. The Morgan fingerprint density at radius 1 is 1.05 bits per heavy atom. The molecule has 104 valence electrons. The number of methoxy groups -OCH3 is 1. The molecule has 0 bridgehead atoms. The second-order valence-corrected chi connectivity index (χ2v) is 5.32. The van der Waals surface area contributed by atoms with Crippen LogP contribution in [0.3, 0.4) is 0 Å². The van der Waals surface area contributed by atoms with E-state index in [0.29, 0.717) is 5.56 Å². The van der Waals surface area contributed by atoms with Crippen molar-refractivity contribution in [1.82, 2.24) is 0 Å². The number of aliphatic hydroxyl groups excluding tert-OH is 1. The molecule has 0 saturated heterocycles. The summed E-state index contributed by atoms with van der Waals surface area (Å²) in [6, 6.07) is 16.4. The van der Waals surface area contributed by atoms with Gasteiger partial charge >= 0.3 is 5.97 Å². The molecule has 0 aliphatic heterocycles. The number of esters is 1. The lowest BCUT2D eigenvalue weighted by atomic mass is 9.89. The maximum Gasteiger partial charge on any atom is 0.316 e. The fourth-order valence-electron chi connectivity index (χ4n) is 2.09. The Labute approximate surface area is 126 Å². The molecule has 0 heterocycles. The Bertz CT molecular complexity index is 566. The lowest BCUT2D eigenvalue weighted by Gasteiger charge is -2.21. The van der Waals surface area contributed by atoms with Crippen molar-refractivity contribution in [3.8, 4) is 0 Å². The van der Waals surface area contributed by atoms with Crippen LogP contribution in [0.4, 0.5) is 0 Å². The first-order valence-corrected chi connectivity index (χ1v) is 6.99. The average molecular weight is 335 g/mol. The average Bonchev–Trinajstić information content (AvgIpc) is 2.49. The van der Waals surface area contributed by atoms with E-state index in [0.717, 1.165) is 10.0 Å². The van der Waals surface area contributed by atoms with Gasteiger partial charge in [-0.2, -0.15) is 0 Å². The topological polar surface area (TPSA) is 46.5 Å². The Kier molecular flexibility index (Phi) is 4.93. The van der Waals surface area contributed by atoms with Crippen LogP contribution in [-0.2, 0) is 9.53 Å². The number of carbonyl (C=O) groups excluding carboxylic acids is 1. The fraction of sp³-hybridized carbons (Fsp3) is 0.188. The summed E-state index contributed by atoms with van der Waals surface area (Å²) in [6.07, 6.45) is -0.946. The number of ether oxygens (including phenoxy) is 1. The Hall–Kier alpha value is -1.65. The largest absolute Gasteiger partial charge is 0.468 e. The highest BCUT2D eigenvalue weighted by Gasteiger charge is 2.30. The third-order valence-corrected chi connectivity index (χ3v) is 3.67. The zero-order valence-corrected chi connectivity index (χ0v) is 12.6. The number of halogens is 1. The van der Waals surface area contributed by atoms with E-state index in [2.05, 4.69) is 15.9 Å². The maximum absolute atomic E-state index is 12.0. The highest BCUT2D eigenvalue weighted by molar-refractivity contribution is 9.10. The summed E-state index contributed by atoms with van der Waals surface area (Å²) in [6.45, 7) is 0. The van der Waals surface area contributed by atoms with Gasteiger partial charge in [0, 0.05) is 4.47 Å². The normalized spacial score (nSPS) is 13.6. The summed E-state index contributed by atoms with van der Waals surface area (Å²) in [5.74, 6) is -1.19. The number of hydrogen-bond acceptors (Lipinski definition) is 3. The molecule has 3 nitrogen and oxygen atoms in total. The van der Waals surface area contributed by atoms with E-state index in [1.807, 2.05) is 42.5 Å². The van der Waals surface area contributed by atoms with E-state index in [1.54, 1.807) is 12.1 Å². The zero-order chi connectivity index (χ0) is 14.5. The van der Waals surface area contributed by atoms with Crippen LogP contribution < -0.4 is 0 Å². The van der Waals surface area contributed by atoms with Gasteiger partial charge in [-0.3, -0.25) is 4.79 Å². The first-order valence-electron chi connectivity index (χ1n) is 6.20. The number of benzene rings is 2. The first kappa shape index (κ1) is 14.8. The van der Waals surface area contributed by atoms with Crippen LogP contribution in [0.15, 0.2) is 59.1 Å². The standard InChI is InChI=1S/C16H15BrO3/c1-20-16(19)14(11-5-3-2-4-6-11)15(18)12-7-9-13(17)10-8-12/h2-10,14-15,18H,1H3/t14-,15-/m0/s1. The maximum atomic E-state index is 12.0. The molecular formula is C16H15BrO3. The molecule has 2 aromatic carbocycles. The van der Waals surface area contributed by atoms with Crippen molar-refractivity contribution in [1.29, 1.82) is 0 Å². The van der Waals surface area contributed by atoms with E-state index >= 15 is 0 Å². The molecule has 0 spiro atoms. The third-order valence-electron chi connectivity index (χ3n) is 3.14. The number of carbonyl (C=O) groups is 1. The number of rotatable bonds is 4. The molecule has 1 N–H and O–H groups in total. The Morgan fingerprint density at radius 3 is 2.20 bits per heavy atom. The van der Waals surface area contributed by atoms with Crippen molar-refractivity contribution < 1.29 is 14.6 Å². The van der Waals surface area contributed by atoms with Gasteiger partial charge in [0.15, 0.2) is 0 Å². The minimum atomic E-state index is -0.946. The molecule has 0 aliphatic rings. The van der Waals surface area contributed by atoms with Crippen molar-refractivity contribution in [3.63, 3.8) is 0 Å². The molecule has 0 radical (unpaired) electrons. The van der Waals surface area contributed by atoms with Gasteiger partial charge < -0.3 is 9.84 Å². The summed E-state index contributed by atoms with van der Waals surface area (Å²) in [4.78, 5) is 12.0. The van der Waals surface area contributed by atoms with Crippen molar-refractivity contribution in [3.05, 3.63) is 70.2 Å². The second-order valence-electron chi connectivity index (χ2n) is 4.41. The van der Waals surface area contributed by atoms with Crippen molar-refractivity contribution in [2.75, 3.05) is 7.11 Å². The van der Waals surface area contributed by atoms with Gasteiger partial charge in [0.1, 0.15) is 5.92 Å². The molecule has 2 atom stereocenters. The Morgan fingerprint density at radius 2 is 1.65 bits per heavy atom. The minimum Gasteiger partial charge on any atom is -0.468 e. The molecule has 0 fully saturated rings. The van der Waals surface area contributed by atoms with Crippen LogP contribution in [0.2, 0.25) is 0 Å². The summed E-state index contributed by atoms with van der Waals surface area (Å²) in [5, 5.41) is 10.5. The third kappa shape index (κ3) is 3.26. The fourth-order valence-corrected chi connectivity index (χ4v) is 2.35. The van der Waals surface area contributed by atoms with Gasteiger partial charge in [-0.05, 0) is 23.3 Å². The monoisotopic (exact) mass is 334 g/mol. The molecule has 0 unspecified atom stereocenters. The minimum absolute atomic E-state index is 0.452. The number of hydrogen-bond donors (Lipinski definition) is 1. The summed E-state index contributed by atoms with van der Waals surface area (Å²) >= 11 is 3.35. The van der Waals surface area contributed by atoms with E-state index in [-0.39, 0.29) is 0 Å². The van der Waals surface area contributed by atoms with Gasteiger partial charge in [-0.1, -0.05) is 58.4 Å². The van der Waals surface area contributed by atoms with Gasteiger partial charge in [-0.25, -0.2) is 0 Å². The highest BCUT2D eigenvalue weighted by atomic mass is 79.9. The second kappa shape index (κ2) is 6.68. The van der Waals surface area contributed by atoms with E-state index in [9.17, 15) is 9.90 Å². The summed E-state index contributed by atoms with van der Waals surface area (Å²) in [5.41, 5.74) is 1.40. The van der Waals surface area contributed by atoms with Crippen molar-refractivity contribution >= 4 is 21.9 Å². The molecule has 20 heavy (non-hydrogen) atoms. The molecule has 0 saturated carbocycles. The number of aliphatic hydroxyl groups is 1. The van der Waals surface area contributed by atoms with Crippen LogP contribution in [-0.4, -0.2) is 18.2 Å². The molecule has 0 aliphatic carbocycles. The van der Waals surface area contributed by atoms with Gasteiger partial charge in [-0.15, -0.1) is 0 Å². The van der Waals surface area contributed by atoms with Crippen LogP contribution in [0.5, 0.6) is 0 Å². The van der Waals surface area contributed by atoms with Crippen LogP contribution in [0, 0.1) is 0 Å². The zero-order valence-electron chi connectivity index (χ0n) is 11.0. The summed E-state index contributed by atoms with van der Waals surface area (Å²) < 4.78 is 5.74. The molecule has 0 amide bonds. The predicted molar refractivity (Wildman–Crippen MR) is 80.3 cm³/mol. The molecule has 2 aromatic rings. The first-order chi connectivity index (χ1) is 9.63. The molecular weight excluding hydrogens is 320 g/mol. The van der Waals surface area contributed by atoms with Gasteiger partial charge in [0.05, 0.1) is 13.2 Å². The molecule has 4 heteroatoms. The SMILES string of the molecule is COC(=O)[C@@H](c1ccccc1)[C@@H](O)c1ccc(Br)cc1. The van der Waals surface area contributed by atoms with Gasteiger partial charge in [0.2, 0.25) is 0 Å². The van der Waals surface area contributed by atoms with Crippen LogP contribution >= 0.6 is 15.9 Å². The van der Waals surface area contributed by atoms with E-state index in [1.165, 1.54) is 7.11 Å². The lowest BCUT2D eigenvalue weighted by molar-refractivity contribution is -0.145. The Balaban J connectivity index is 2.36. The smallest absolute Gasteiger partial charge is 0.316 e. The van der Waals surface area contributed by atoms with Crippen molar-refractivity contribution in [2.24, 2.45) is 0 Å². The van der Waals surface area contributed by atoms with Crippen LogP contribution in [0.25, 0.3) is 0 Å². The highest BCUT2D eigenvalue weighted by Crippen LogP contribution is 2.32. The summed E-state index contributed by atoms with van der Waals surface area (Å²) in [7, 11) is 1.33. The van der Waals surface area contributed by atoms with E-state index < -0.39 is 18.0 Å².